The summed E-state index contributed by atoms with van der Waals surface area (Å²) in [6.45, 7) is 3.68. The summed E-state index contributed by atoms with van der Waals surface area (Å²) in [7, 11) is 0. The van der Waals surface area contributed by atoms with E-state index in [1.54, 1.807) is 12.1 Å². The molecule has 0 bridgehead atoms. The minimum atomic E-state index is -1.35. The van der Waals surface area contributed by atoms with Crippen LogP contribution in [0.4, 0.5) is 0 Å². The Labute approximate surface area is 117 Å². The molecule has 0 saturated carbocycles. The number of phenolic OH excluding ortho intramolecular Hbond substituents is 1. The first-order valence-electron chi connectivity index (χ1n) is 6.43. The van der Waals surface area contributed by atoms with Gasteiger partial charge in [0.15, 0.2) is 6.04 Å². The Balaban J connectivity index is 2.72. The van der Waals surface area contributed by atoms with Crippen molar-refractivity contribution in [2.75, 3.05) is 0 Å². The number of quaternary nitrogens is 1. The van der Waals surface area contributed by atoms with Gasteiger partial charge in [-0.2, -0.15) is 0 Å². The Morgan fingerprint density at radius 2 is 1.85 bits per heavy atom. The molecule has 0 aliphatic heterocycles. The second-order valence-corrected chi connectivity index (χ2v) is 5.10. The molecule has 2 atom stereocenters. The number of aliphatic carboxylic acids is 1. The zero-order valence-corrected chi connectivity index (χ0v) is 11.6. The van der Waals surface area contributed by atoms with Gasteiger partial charge in [0.25, 0.3) is 5.91 Å². The number of carboxylic acids is 1. The Morgan fingerprint density at radius 3 is 2.30 bits per heavy atom. The van der Waals surface area contributed by atoms with Gasteiger partial charge in [-0.15, -0.1) is 0 Å². The molecule has 1 amide bonds. The summed E-state index contributed by atoms with van der Waals surface area (Å²) in [4.78, 5) is 22.9. The number of nitrogens with one attached hydrogen (secondary N) is 1. The molecule has 5 N–H and O–H groups in total. The standard InChI is InChI=1S/C14H20N2O4/c1-8(2)12(15)13(18)16-11(14(19)20)7-9-3-5-10(17)6-4-9/h3-6,8,11-12,17H,7,15H2,1-2H3,(H,16,18)(H,19,20)/t11-,12-/m0/s1. The average molecular weight is 280 g/mol. The molecule has 110 valence electrons. The smallest absolute Gasteiger partial charge is 0.278 e. The third kappa shape index (κ3) is 4.55. The molecule has 0 spiro atoms. The maximum Gasteiger partial charge on any atom is 0.278 e. The van der Waals surface area contributed by atoms with E-state index in [4.69, 9.17) is 0 Å². The molecule has 0 radical (unpaired) electrons. The summed E-state index contributed by atoms with van der Waals surface area (Å²) in [5.74, 6) is -1.64. The molecule has 1 rings (SSSR count). The molecule has 20 heavy (non-hydrogen) atoms. The van der Waals surface area contributed by atoms with Crippen LogP contribution in [0.15, 0.2) is 24.3 Å². The molecule has 0 aliphatic carbocycles. The lowest BCUT2D eigenvalue weighted by molar-refractivity contribution is -0.414. The maximum absolute atomic E-state index is 11.8. The zero-order valence-electron chi connectivity index (χ0n) is 11.6. The molecule has 0 aromatic heterocycles. The fraction of sp³-hybridized carbons (Fsp3) is 0.429. The summed E-state index contributed by atoms with van der Waals surface area (Å²) in [6, 6.07) is 4.49. The van der Waals surface area contributed by atoms with Crippen LogP contribution in [-0.2, 0) is 16.0 Å². The minimum absolute atomic E-state index is 0.0195. The third-order valence-corrected chi connectivity index (χ3v) is 3.12. The molecule has 1 aromatic rings. The van der Waals surface area contributed by atoms with E-state index in [1.165, 1.54) is 12.1 Å². The SMILES string of the molecule is CC(C)[C@H]([NH3+])C(=O)N[C@@H](Cc1ccc(O)cc1)C(=O)[O-]. The van der Waals surface area contributed by atoms with Gasteiger partial charge in [-0.05, 0) is 24.1 Å². The number of hydrogen-bond acceptors (Lipinski definition) is 4. The monoisotopic (exact) mass is 280 g/mol. The van der Waals surface area contributed by atoms with Gasteiger partial charge in [0.05, 0.1) is 12.0 Å². The number of phenols is 1. The fourth-order valence-corrected chi connectivity index (χ4v) is 1.64. The second kappa shape index (κ2) is 6.91. The first-order chi connectivity index (χ1) is 9.31. The van der Waals surface area contributed by atoms with Crippen molar-refractivity contribution in [1.82, 2.24) is 5.32 Å². The quantitative estimate of drug-likeness (QED) is 0.584. The largest absolute Gasteiger partial charge is 0.548 e. The van der Waals surface area contributed by atoms with Crippen molar-refractivity contribution in [3.05, 3.63) is 29.8 Å². The highest BCUT2D eigenvalue weighted by atomic mass is 16.4. The van der Waals surface area contributed by atoms with Crippen LogP contribution < -0.4 is 16.2 Å². The van der Waals surface area contributed by atoms with Crippen molar-refractivity contribution in [3.63, 3.8) is 0 Å². The van der Waals surface area contributed by atoms with E-state index in [-0.39, 0.29) is 18.1 Å². The Bertz CT molecular complexity index is 471. The van der Waals surface area contributed by atoms with Crippen molar-refractivity contribution in [2.24, 2.45) is 5.92 Å². The highest BCUT2D eigenvalue weighted by molar-refractivity contribution is 5.85. The molecule has 0 saturated heterocycles. The number of carboxylic acid groups (broad SMARTS) is 1. The first-order valence-corrected chi connectivity index (χ1v) is 6.43. The van der Waals surface area contributed by atoms with Crippen LogP contribution in [0.2, 0.25) is 0 Å². The van der Waals surface area contributed by atoms with Gasteiger partial charge in [-0.25, -0.2) is 0 Å². The minimum Gasteiger partial charge on any atom is -0.548 e. The summed E-state index contributed by atoms with van der Waals surface area (Å²) in [6.07, 6.45) is 0.0964. The molecule has 0 unspecified atom stereocenters. The van der Waals surface area contributed by atoms with Gasteiger partial charge in [-0.3, -0.25) is 4.79 Å². The van der Waals surface area contributed by atoms with E-state index < -0.39 is 24.0 Å². The van der Waals surface area contributed by atoms with Crippen LogP contribution in [0.5, 0.6) is 5.75 Å². The number of amides is 1. The maximum atomic E-state index is 11.8. The van der Waals surface area contributed by atoms with E-state index in [2.05, 4.69) is 11.1 Å². The molecule has 0 aliphatic rings. The number of carbonyl (C=O) groups is 2. The zero-order chi connectivity index (χ0) is 15.3. The Hall–Kier alpha value is -2.08. The van der Waals surface area contributed by atoms with Crippen LogP contribution in [0.3, 0.4) is 0 Å². The Morgan fingerprint density at radius 1 is 1.30 bits per heavy atom. The van der Waals surface area contributed by atoms with Crippen molar-refractivity contribution in [2.45, 2.75) is 32.4 Å². The third-order valence-electron chi connectivity index (χ3n) is 3.12. The highest BCUT2D eigenvalue weighted by Gasteiger charge is 2.24. The normalized spacial score (nSPS) is 13.8. The van der Waals surface area contributed by atoms with Gasteiger partial charge in [0.1, 0.15) is 5.75 Å². The highest BCUT2D eigenvalue weighted by Crippen LogP contribution is 2.11. The number of benzene rings is 1. The summed E-state index contributed by atoms with van der Waals surface area (Å²) < 4.78 is 0. The van der Waals surface area contributed by atoms with E-state index in [1.807, 2.05) is 13.8 Å². The van der Waals surface area contributed by atoms with Gasteiger partial charge in [0.2, 0.25) is 0 Å². The Kier molecular flexibility index (Phi) is 5.52. The van der Waals surface area contributed by atoms with Crippen molar-refractivity contribution in [3.8, 4) is 5.75 Å². The van der Waals surface area contributed by atoms with Crippen molar-refractivity contribution >= 4 is 11.9 Å². The predicted octanol–water partition coefficient (Wildman–Crippen LogP) is -1.56. The number of hydrogen-bond donors (Lipinski definition) is 3. The van der Waals surface area contributed by atoms with E-state index >= 15 is 0 Å². The predicted molar refractivity (Wildman–Crippen MR) is 70.3 cm³/mol. The van der Waals surface area contributed by atoms with Gasteiger partial charge >= 0.3 is 0 Å². The lowest BCUT2D eigenvalue weighted by atomic mass is 10.0. The van der Waals surface area contributed by atoms with Crippen molar-refractivity contribution in [1.29, 1.82) is 0 Å². The van der Waals surface area contributed by atoms with Crippen LogP contribution in [0.25, 0.3) is 0 Å². The summed E-state index contributed by atoms with van der Waals surface area (Å²) in [5.41, 5.74) is 4.39. The van der Waals surface area contributed by atoms with E-state index in [0.717, 1.165) is 0 Å². The van der Waals surface area contributed by atoms with Gasteiger partial charge < -0.3 is 26.1 Å². The number of carbonyl (C=O) groups excluding carboxylic acids is 2. The van der Waals surface area contributed by atoms with E-state index in [9.17, 15) is 19.8 Å². The molecule has 6 nitrogen and oxygen atoms in total. The molecular weight excluding hydrogens is 260 g/mol. The molecule has 6 heteroatoms. The van der Waals surface area contributed by atoms with Gasteiger partial charge in [0, 0.05) is 5.92 Å². The lowest BCUT2D eigenvalue weighted by Crippen LogP contribution is -2.71. The molecular formula is C14H20N2O4. The fourth-order valence-electron chi connectivity index (χ4n) is 1.64. The second-order valence-electron chi connectivity index (χ2n) is 5.10. The van der Waals surface area contributed by atoms with Crippen LogP contribution >= 0.6 is 0 Å². The molecule has 0 heterocycles. The summed E-state index contributed by atoms with van der Waals surface area (Å²) in [5, 5.41) is 22.7. The van der Waals surface area contributed by atoms with Crippen LogP contribution in [0, 0.1) is 5.92 Å². The topological polar surface area (TPSA) is 117 Å². The first kappa shape index (κ1) is 16.0. The lowest BCUT2D eigenvalue weighted by Gasteiger charge is -2.22. The average Bonchev–Trinajstić information content (AvgIpc) is 2.39. The van der Waals surface area contributed by atoms with E-state index in [0.29, 0.717) is 5.56 Å². The van der Waals surface area contributed by atoms with Gasteiger partial charge in [-0.1, -0.05) is 26.0 Å². The number of aromatic hydroxyl groups is 1. The van der Waals surface area contributed by atoms with Crippen LogP contribution in [-0.4, -0.2) is 29.1 Å². The van der Waals surface area contributed by atoms with Crippen LogP contribution in [0.1, 0.15) is 19.4 Å². The summed E-state index contributed by atoms with van der Waals surface area (Å²) >= 11 is 0. The molecule has 1 aromatic carbocycles. The van der Waals surface area contributed by atoms with Crippen molar-refractivity contribution < 1.29 is 25.5 Å². The molecule has 0 fully saturated rings. The number of rotatable bonds is 6.